The number of hydrogen-bond acceptors (Lipinski definition) is 3. The lowest BCUT2D eigenvalue weighted by Crippen LogP contribution is -2.12. The molecule has 1 heterocycles. The molecule has 0 unspecified atom stereocenters. The van der Waals surface area contributed by atoms with Crippen LogP contribution in [0, 0.1) is 6.92 Å². The first-order valence-corrected chi connectivity index (χ1v) is 8.35. The molecular formula is C17H25N3S. The van der Waals surface area contributed by atoms with Crippen molar-refractivity contribution in [1.29, 1.82) is 0 Å². The van der Waals surface area contributed by atoms with Gasteiger partial charge in [0.25, 0.3) is 0 Å². The average molecular weight is 303 g/mol. The highest BCUT2D eigenvalue weighted by Crippen LogP contribution is 2.32. The van der Waals surface area contributed by atoms with Crippen molar-refractivity contribution in [2.45, 2.75) is 50.1 Å². The van der Waals surface area contributed by atoms with Gasteiger partial charge in [0.1, 0.15) is 5.03 Å². The number of rotatable bonds is 6. The Labute approximate surface area is 132 Å². The molecule has 0 fully saturated rings. The van der Waals surface area contributed by atoms with E-state index in [1.54, 1.807) is 11.8 Å². The number of aryl methyl sites for hydroxylation is 2. The zero-order valence-electron chi connectivity index (χ0n) is 13.6. The smallest absolute Gasteiger partial charge is 0.103 e. The Morgan fingerprint density at radius 2 is 1.90 bits per heavy atom. The van der Waals surface area contributed by atoms with Crippen LogP contribution in [0.15, 0.2) is 34.2 Å². The van der Waals surface area contributed by atoms with Crippen LogP contribution in [0.3, 0.4) is 0 Å². The summed E-state index contributed by atoms with van der Waals surface area (Å²) in [7, 11) is 2.02. The fourth-order valence-corrected chi connectivity index (χ4v) is 3.31. The van der Waals surface area contributed by atoms with Gasteiger partial charge in [0.2, 0.25) is 0 Å². The number of nitrogens with zero attached hydrogens (tertiary/aromatic N) is 2. The van der Waals surface area contributed by atoms with Gasteiger partial charge in [-0.3, -0.25) is 4.68 Å². The largest absolute Gasteiger partial charge is 0.313 e. The molecule has 0 aliphatic heterocycles. The van der Waals surface area contributed by atoms with Crippen molar-refractivity contribution in [2.24, 2.45) is 7.05 Å². The maximum Gasteiger partial charge on any atom is 0.103 e. The highest BCUT2D eigenvalue weighted by molar-refractivity contribution is 7.99. The molecule has 2 aromatic rings. The molecule has 0 saturated carbocycles. The Hall–Kier alpha value is -1.26. The molecule has 21 heavy (non-hydrogen) atoms. The number of hydrogen-bond donors (Lipinski definition) is 1. The lowest BCUT2D eigenvalue weighted by atomic mass is 10.0. The van der Waals surface area contributed by atoms with Gasteiger partial charge in [0.05, 0.1) is 5.69 Å². The molecule has 0 spiro atoms. The summed E-state index contributed by atoms with van der Waals surface area (Å²) in [6, 6.07) is 8.86. The first-order chi connectivity index (χ1) is 10.0. The normalized spacial score (nSPS) is 11.3. The second kappa shape index (κ2) is 7.14. The lowest BCUT2D eigenvalue weighted by molar-refractivity contribution is 0.674. The Morgan fingerprint density at radius 1 is 1.24 bits per heavy atom. The highest BCUT2D eigenvalue weighted by Gasteiger charge is 2.14. The summed E-state index contributed by atoms with van der Waals surface area (Å²) < 4.78 is 1.99. The van der Waals surface area contributed by atoms with Crippen LogP contribution in [0.25, 0.3) is 0 Å². The van der Waals surface area contributed by atoms with Crippen LogP contribution in [0.4, 0.5) is 0 Å². The second-order valence-corrected chi connectivity index (χ2v) is 6.66. The van der Waals surface area contributed by atoms with E-state index in [1.807, 2.05) is 11.7 Å². The summed E-state index contributed by atoms with van der Waals surface area (Å²) in [5.74, 6) is 0.576. The Morgan fingerprint density at radius 3 is 2.48 bits per heavy atom. The van der Waals surface area contributed by atoms with Crippen LogP contribution in [-0.4, -0.2) is 16.3 Å². The SMILES string of the molecule is CCNCc1c(C)nn(C)c1Sc1ccc(C(C)C)cc1. The predicted octanol–water partition coefficient (Wildman–Crippen LogP) is 4.11. The van der Waals surface area contributed by atoms with Crippen molar-refractivity contribution in [3.8, 4) is 0 Å². The van der Waals surface area contributed by atoms with E-state index < -0.39 is 0 Å². The summed E-state index contributed by atoms with van der Waals surface area (Å²) >= 11 is 1.79. The first kappa shape index (κ1) is 16.1. The van der Waals surface area contributed by atoms with E-state index in [2.05, 4.69) is 62.4 Å². The quantitative estimate of drug-likeness (QED) is 0.871. The number of aromatic nitrogens is 2. The Kier molecular flexibility index (Phi) is 5.48. The van der Waals surface area contributed by atoms with E-state index in [1.165, 1.54) is 21.0 Å². The highest BCUT2D eigenvalue weighted by atomic mass is 32.2. The van der Waals surface area contributed by atoms with Gasteiger partial charge in [0.15, 0.2) is 0 Å². The van der Waals surface area contributed by atoms with Gasteiger partial charge >= 0.3 is 0 Å². The van der Waals surface area contributed by atoms with Crippen molar-refractivity contribution in [3.05, 3.63) is 41.1 Å². The van der Waals surface area contributed by atoms with Crippen LogP contribution in [-0.2, 0) is 13.6 Å². The van der Waals surface area contributed by atoms with E-state index in [0.717, 1.165) is 18.8 Å². The van der Waals surface area contributed by atoms with Crippen LogP contribution < -0.4 is 5.32 Å². The number of nitrogens with one attached hydrogen (secondary N) is 1. The zero-order chi connectivity index (χ0) is 15.4. The molecule has 0 aliphatic rings. The molecule has 0 atom stereocenters. The summed E-state index contributed by atoms with van der Waals surface area (Å²) in [5.41, 5.74) is 3.80. The summed E-state index contributed by atoms with van der Waals surface area (Å²) in [4.78, 5) is 1.26. The maximum atomic E-state index is 4.56. The predicted molar refractivity (Wildman–Crippen MR) is 90.0 cm³/mol. The minimum absolute atomic E-state index is 0.576. The molecule has 1 aromatic carbocycles. The van der Waals surface area contributed by atoms with Crippen LogP contribution in [0.2, 0.25) is 0 Å². The fourth-order valence-electron chi connectivity index (χ4n) is 2.29. The van der Waals surface area contributed by atoms with Crippen molar-refractivity contribution in [1.82, 2.24) is 15.1 Å². The molecule has 0 amide bonds. The number of benzene rings is 1. The maximum absolute atomic E-state index is 4.56. The standard InChI is InChI=1S/C17H25N3S/c1-6-18-11-16-13(4)19-20(5)17(16)21-15-9-7-14(8-10-15)12(2)3/h7-10,12,18H,6,11H2,1-5H3. The van der Waals surface area contributed by atoms with Gasteiger partial charge in [-0.25, -0.2) is 0 Å². The molecule has 1 aromatic heterocycles. The van der Waals surface area contributed by atoms with Crippen molar-refractivity contribution < 1.29 is 0 Å². The summed E-state index contributed by atoms with van der Waals surface area (Å²) in [5, 5.41) is 9.19. The Balaban J connectivity index is 2.22. The van der Waals surface area contributed by atoms with Crippen molar-refractivity contribution in [3.63, 3.8) is 0 Å². The van der Waals surface area contributed by atoms with Gasteiger partial charge in [0, 0.05) is 24.1 Å². The summed E-state index contributed by atoms with van der Waals surface area (Å²) in [6.45, 7) is 10.5. The third-order valence-corrected chi connectivity index (χ3v) is 4.81. The van der Waals surface area contributed by atoms with Gasteiger partial charge in [-0.15, -0.1) is 0 Å². The second-order valence-electron chi connectivity index (χ2n) is 5.60. The van der Waals surface area contributed by atoms with Gasteiger partial charge < -0.3 is 5.32 Å². The molecule has 114 valence electrons. The van der Waals surface area contributed by atoms with Crippen molar-refractivity contribution in [2.75, 3.05) is 6.54 Å². The molecule has 3 nitrogen and oxygen atoms in total. The van der Waals surface area contributed by atoms with E-state index >= 15 is 0 Å². The molecule has 0 bridgehead atoms. The Bertz CT molecular complexity index is 585. The average Bonchev–Trinajstić information content (AvgIpc) is 2.71. The topological polar surface area (TPSA) is 29.9 Å². The first-order valence-electron chi connectivity index (χ1n) is 7.54. The van der Waals surface area contributed by atoms with E-state index in [9.17, 15) is 0 Å². The lowest BCUT2D eigenvalue weighted by Gasteiger charge is -2.09. The monoisotopic (exact) mass is 303 g/mol. The van der Waals surface area contributed by atoms with Crippen LogP contribution in [0.5, 0.6) is 0 Å². The molecule has 1 N–H and O–H groups in total. The zero-order valence-corrected chi connectivity index (χ0v) is 14.4. The molecule has 0 saturated heterocycles. The third kappa shape index (κ3) is 3.89. The minimum atomic E-state index is 0.576. The van der Waals surface area contributed by atoms with Gasteiger partial charge in [-0.2, -0.15) is 5.10 Å². The molecule has 2 rings (SSSR count). The summed E-state index contributed by atoms with van der Waals surface area (Å²) in [6.07, 6.45) is 0. The van der Waals surface area contributed by atoms with E-state index in [-0.39, 0.29) is 0 Å². The molecule has 0 aliphatic carbocycles. The fraction of sp³-hybridized carbons (Fsp3) is 0.471. The van der Waals surface area contributed by atoms with Gasteiger partial charge in [-0.05, 0) is 37.1 Å². The molecular weight excluding hydrogens is 278 g/mol. The van der Waals surface area contributed by atoms with E-state index in [0.29, 0.717) is 5.92 Å². The van der Waals surface area contributed by atoms with E-state index in [4.69, 9.17) is 0 Å². The van der Waals surface area contributed by atoms with Crippen LogP contribution >= 0.6 is 11.8 Å². The van der Waals surface area contributed by atoms with Gasteiger partial charge in [-0.1, -0.05) is 44.7 Å². The molecule has 0 radical (unpaired) electrons. The third-order valence-electron chi connectivity index (χ3n) is 3.60. The molecule has 4 heteroatoms. The van der Waals surface area contributed by atoms with Crippen molar-refractivity contribution >= 4 is 11.8 Å². The minimum Gasteiger partial charge on any atom is -0.313 e. The van der Waals surface area contributed by atoms with Crippen LogP contribution in [0.1, 0.15) is 43.5 Å².